The first-order valence-electron chi connectivity index (χ1n) is 6.27. The van der Waals surface area contributed by atoms with E-state index in [0.717, 1.165) is 6.42 Å². The zero-order valence-corrected chi connectivity index (χ0v) is 11.0. The second-order valence-electron chi connectivity index (χ2n) is 4.12. The molecule has 0 aromatic heterocycles. The number of rotatable bonds is 9. The van der Waals surface area contributed by atoms with Gasteiger partial charge in [-0.3, -0.25) is 9.59 Å². The van der Waals surface area contributed by atoms with Gasteiger partial charge in [-0.05, 0) is 19.3 Å². The summed E-state index contributed by atoms with van der Waals surface area (Å²) >= 11 is 0. The van der Waals surface area contributed by atoms with Crippen molar-refractivity contribution < 1.29 is 14.7 Å². The second-order valence-corrected chi connectivity index (χ2v) is 4.12. The van der Waals surface area contributed by atoms with Gasteiger partial charge < -0.3 is 15.7 Å². The molecule has 17 heavy (non-hydrogen) atoms. The van der Waals surface area contributed by atoms with Gasteiger partial charge in [0, 0.05) is 19.5 Å². The Bertz CT molecular complexity index is 250. The second kappa shape index (κ2) is 8.06. The number of carboxylic acids is 1. The molecule has 1 amide bonds. The summed E-state index contributed by atoms with van der Waals surface area (Å²) in [6, 6.07) is 0. The predicted octanol–water partition coefficient (Wildman–Crippen LogP) is 1.14. The molecule has 0 spiro atoms. The van der Waals surface area contributed by atoms with Gasteiger partial charge in [0.25, 0.3) is 0 Å². The van der Waals surface area contributed by atoms with Crippen molar-refractivity contribution in [1.29, 1.82) is 0 Å². The Hall–Kier alpha value is -1.10. The SMILES string of the molecule is CCCNC(=O)CCNC(CC)(CC)C(=O)O. The lowest BCUT2D eigenvalue weighted by molar-refractivity contribution is -0.145. The smallest absolute Gasteiger partial charge is 0.323 e. The zero-order valence-electron chi connectivity index (χ0n) is 11.0. The minimum Gasteiger partial charge on any atom is -0.480 e. The maximum Gasteiger partial charge on any atom is 0.323 e. The summed E-state index contributed by atoms with van der Waals surface area (Å²) in [6.07, 6.45) is 2.24. The van der Waals surface area contributed by atoms with E-state index in [0.29, 0.717) is 32.4 Å². The van der Waals surface area contributed by atoms with Crippen molar-refractivity contribution >= 4 is 11.9 Å². The number of carboxylic acid groups (broad SMARTS) is 1. The van der Waals surface area contributed by atoms with Crippen LogP contribution in [0.3, 0.4) is 0 Å². The molecule has 3 N–H and O–H groups in total. The van der Waals surface area contributed by atoms with E-state index in [2.05, 4.69) is 10.6 Å². The summed E-state index contributed by atoms with van der Waals surface area (Å²) in [6.45, 7) is 6.72. The van der Waals surface area contributed by atoms with Crippen molar-refractivity contribution in [2.75, 3.05) is 13.1 Å². The van der Waals surface area contributed by atoms with Crippen LogP contribution >= 0.6 is 0 Å². The molecule has 0 rings (SSSR count). The Balaban J connectivity index is 4.07. The minimum absolute atomic E-state index is 0.0363. The average molecular weight is 244 g/mol. The molecule has 0 atom stereocenters. The van der Waals surface area contributed by atoms with E-state index in [1.807, 2.05) is 20.8 Å². The van der Waals surface area contributed by atoms with Crippen molar-refractivity contribution in [3.63, 3.8) is 0 Å². The first-order valence-corrected chi connectivity index (χ1v) is 6.27. The van der Waals surface area contributed by atoms with Gasteiger partial charge in [0.15, 0.2) is 0 Å². The highest BCUT2D eigenvalue weighted by molar-refractivity contribution is 5.79. The Labute approximate surface area is 103 Å². The lowest BCUT2D eigenvalue weighted by atomic mass is 9.93. The van der Waals surface area contributed by atoms with Crippen LogP contribution in [0.4, 0.5) is 0 Å². The van der Waals surface area contributed by atoms with Crippen molar-refractivity contribution in [3.05, 3.63) is 0 Å². The monoisotopic (exact) mass is 244 g/mol. The molecular weight excluding hydrogens is 220 g/mol. The zero-order chi connectivity index (χ0) is 13.3. The molecule has 0 radical (unpaired) electrons. The number of hydrogen-bond acceptors (Lipinski definition) is 3. The van der Waals surface area contributed by atoms with E-state index in [-0.39, 0.29) is 5.91 Å². The highest BCUT2D eigenvalue weighted by Gasteiger charge is 2.33. The normalized spacial score (nSPS) is 11.2. The Morgan fingerprint density at radius 2 is 1.71 bits per heavy atom. The van der Waals surface area contributed by atoms with Gasteiger partial charge in [-0.25, -0.2) is 0 Å². The van der Waals surface area contributed by atoms with Gasteiger partial charge in [0.2, 0.25) is 5.91 Å². The standard InChI is InChI=1S/C12H24N2O3/c1-4-8-13-10(15)7-9-14-12(5-2,6-3)11(16)17/h14H,4-9H2,1-3H3,(H,13,15)(H,16,17). The quantitative estimate of drug-likeness (QED) is 0.568. The topological polar surface area (TPSA) is 78.4 Å². The Morgan fingerprint density at radius 1 is 1.12 bits per heavy atom. The summed E-state index contributed by atoms with van der Waals surface area (Å²) in [5, 5.41) is 14.9. The summed E-state index contributed by atoms with van der Waals surface area (Å²) in [4.78, 5) is 22.5. The van der Waals surface area contributed by atoms with Crippen LogP contribution in [-0.4, -0.2) is 35.6 Å². The van der Waals surface area contributed by atoms with Crippen molar-refractivity contribution in [3.8, 4) is 0 Å². The van der Waals surface area contributed by atoms with Crippen molar-refractivity contribution in [2.45, 2.75) is 52.0 Å². The first-order chi connectivity index (χ1) is 8.02. The van der Waals surface area contributed by atoms with Gasteiger partial charge in [-0.15, -0.1) is 0 Å². The van der Waals surface area contributed by atoms with Gasteiger partial charge in [-0.1, -0.05) is 20.8 Å². The lowest BCUT2D eigenvalue weighted by Crippen LogP contribution is -2.52. The highest BCUT2D eigenvalue weighted by atomic mass is 16.4. The van der Waals surface area contributed by atoms with E-state index in [9.17, 15) is 9.59 Å². The molecule has 0 saturated heterocycles. The van der Waals surface area contributed by atoms with E-state index in [1.165, 1.54) is 0 Å². The summed E-state index contributed by atoms with van der Waals surface area (Å²) in [5.74, 6) is -0.887. The number of carbonyl (C=O) groups excluding carboxylic acids is 1. The molecule has 0 fully saturated rings. The van der Waals surface area contributed by atoms with Crippen molar-refractivity contribution in [2.24, 2.45) is 0 Å². The molecule has 0 unspecified atom stereocenters. The first kappa shape index (κ1) is 15.9. The number of aliphatic carboxylic acids is 1. The fourth-order valence-electron chi connectivity index (χ4n) is 1.65. The summed E-state index contributed by atoms with van der Waals surface area (Å²) in [7, 11) is 0. The molecule has 5 nitrogen and oxygen atoms in total. The molecule has 0 aliphatic heterocycles. The van der Waals surface area contributed by atoms with Crippen LogP contribution < -0.4 is 10.6 Å². The number of hydrogen-bond donors (Lipinski definition) is 3. The van der Waals surface area contributed by atoms with E-state index >= 15 is 0 Å². The fourth-order valence-corrected chi connectivity index (χ4v) is 1.65. The van der Waals surface area contributed by atoms with Crippen LogP contribution in [0.2, 0.25) is 0 Å². The van der Waals surface area contributed by atoms with Crippen LogP contribution in [0.1, 0.15) is 46.5 Å². The molecule has 0 aromatic carbocycles. The molecule has 100 valence electrons. The van der Waals surface area contributed by atoms with E-state index in [1.54, 1.807) is 0 Å². The van der Waals surface area contributed by atoms with E-state index < -0.39 is 11.5 Å². The van der Waals surface area contributed by atoms with Gasteiger partial charge in [0.1, 0.15) is 5.54 Å². The maximum atomic E-state index is 11.3. The summed E-state index contributed by atoms with van der Waals surface area (Å²) < 4.78 is 0. The largest absolute Gasteiger partial charge is 0.480 e. The Morgan fingerprint density at radius 3 is 2.12 bits per heavy atom. The molecule has 0 bridgehead atoms. The maximum absolute atomic E-state index is 11.3. The summed E-state index contributed by atoms with van der Waals surface area (Å²) in [5.41, 5.74) is -0.898. The predicted molar refractivity (Wildman–Crippen MR) is 66.9 cm³/mol. The third-order valence-corrected chi connectivity index (χ3v) is 3.00. The highest BCUT2D eigenvalue weighted by Crippen LogP contribution is 2.15. The molecule has 5 heteroatoms. The van der Waals surface area contributed by atoms with Gasteiger partial charge in [-0.2, -0.15) is 0 Å². The van der Waals surface area contributed by atoms with Crippen molar-refractivity contribution in [1.82, 2.24) is 10.6 Å². The molecule has 0 heterocycles. The van der Waals surface area contributed by atoms with Crippen LogP contribution in [0.25, 0.3) is 0 Å². The number of nitrogens with one attached hydrogen (secondary N) is 2. The fraction of sp³-hybridized carbons (Fsp3) is 0.833. The molecular formula is C12H24N2O3. The van der Waals surface area contributed by atoms with Crippen LogP contribution in [-0.2, 0) is 9.59 Å². The van der Waals surface area contributed by atoms with Gasteiger partial charge >= 0.3 is 5.97 Å². The lowest BCUT2D eigenvalue weighted by Gasteiger charge is -2.28. The third-order valence-electron chi connectivity index (χ3n) is 3.00. The van der Waals surface area contributed by atoms with E-state index in [4.69, 9.17) is 5.11 Å². The van der Waals surface area contributed by atoms with Crippen LogP contribution in [0, 0.1) is 0 Å². The third kappa shape index (κ3) is 5.17. The van der Waals surface area contributed by atoms with Crippen LogP contribution in [0.15, 0.2) is 0 Å². The molecule has 0 aliphatic carbocycles. The van der Waals surface area contributed by atoms with Crippen LogP contribution in [0.5, 0.6) is 0 Å². The number of carbonyl (C=O) groups is 2. The molecule has 0 saturated carbocycles. The number of amides is 1. The van der Waals surface area contributed by atoms with Gasteiger partial charge in [0.05, 0.1) is 0 Å². The molecule has 0 aromatic rings. The molecule has 0 aliphatic rings. The minimum atomic E-state index is -0.898. The Kier molecular flexibility index (Phi) is 7.54. The average Bonchev–Trinajstić information content (AvgIpc) is 2.32.